The molecule has 0 spiro atoms. The maximum atomic E-state index is 14.3. The van der Waals surface area contributed by atoms with Crippen LogP contribution in [-0.2, 0) is 11.3 Å². The van der Waals surface area contributed by atoms with Gasteiger partial charge in [-0.3, -0.25) is 4.79 Å². The molecule has 0 N–H and O–H groups in total. The Kier molecular flexibility index (Phi) is 7.94. The third-order valence-corrected chi connectivity index (χ3v) is 5.24. The number of carbonyl (C=O) groups excluding carboxylic acids is 1. The maximum Gasteiger partial charge on any atom is 0.257 e. The summed E-state index contributed by atoms with van der Waals surface area (Å²) in [6.07, 6.45) is 0. The fourth-order valence-corrected chi connectivity index (χ4v) is 3.49. The number of anilines is 1. The predicted molar refractivity (Wildman–Crippen MR) is 118 cm³/mol. The number of nitrogens with zero attached hydrogens (tertiary/aromatic N) is 3. The minimum atomic E-state index is -0.590. The summed E-state index contributed by atoms with van der Waals surface area (Å²) < 4.78 is 38.7. The number of benzene rings is 2. The van der Waals surface area contributed by atoms with Gasteiger partial charge in [0.2, 0.25) is 5.88 Å². The molecule has 0 aliphatic carbocycles. The molecule has 0 unspecified atom stereocenters. The highest BCUT2D eigenvalue weighted by Crippen LogP contribution is 2.33. The zero-order valence-electron chi connectivity index (χ0n) is 18.5. The van der Waals surface area contributed by atoms with Gasteiger partial charge in [0, 0.05) is 32.3 Å². The van der Waals surface area contributed by atoms with Crippen LogP contribution >= 0.6 is 0 Å². The van der Waals surface area contributed by atoms with Crippen molar-refractivity contribution in [1.29, 1.82) is 0 Å². The van der Waals surface area contributed by atoms with Crippen molar-refractivity contribution in [2.75, 3.05) is 38.3 Å². The molecular weight excluding hydrogens is 416 g/mol. The second-order valence-electron chi connectivity index (χ2n) is 7.19. The number of rotatable bonds is 10. The average Bonchev–Trinajstić information content (AvgIpc) is 3.21. The van der Waals surface area contributed by atoms with Crippen LogP contribution < -0.4 is 4.90 Å². The van der Waals surface area contributed by atoms with Crippen LogP contribution in [0.1, 0.15) is 29.8 Å². The van der Waals surface area contributed by atoms with E-state index >= 15 is 0 Å². The molecule has 2 aromatic carbocycles. The van der Waals surface area contributed by atoms with Crippen LogP contribution in [-0.4, -0.2) is 49.3 Å². The molecule has 0 saturated carbocycles. The predicted octanol–water partition coefficient (Wildman–Crippen LogP) is 4.75. The number of aromatic nitrogens is 1. The maximum absolute atomic E-state index is 14.3. The van der Waals surface area contributed by atoms with Crippen molar-refractivity contribution in [2.24, 2.45) is 0 Å². The Hall–Kier alpha value is -3.26. The Morgan fingerprint density at radius 1 is 1.06 bits per heavy atom. The monoisotopic (exact) mass is 443 g/mol. The quantitative estimate of drug-likeness (QED) is 0.452. The summed E-state index contributed by atoms with van der Waals surface area (Å²) in [5.41, 5.74) is 1.82. The lowest BCUT2D eigenvalue weighted by Gasteiger charge is -2.25. The van der Waals surface area contributed by atoms with E-state index in [-0.39, 0.29) is 31.1 Å². The van der Waals surface area contributed by atoms with Crippen molar-refractivity contribution in [1.82, 2.24) is 10.1 Å². The summed E-state index contributed by atoms with van der Waals surface area (Å²) in [6.45, 7) is 5.95. The summed E-state index contributed by atoms with van der Waals surface area (Å²) in [7, 11) is 1.54. The molecular formula is C24H27F2N3O3. The lowest BCUT2D eigenvalue weighted by Crippen LogP contribution is -2.35. The first kappa shape index (κ1) is 23.4. The largest absolute Gasteiger partial charge is 0.383 e. The van der Waals surface area contributed by atoms with Gasteiger partial charge in [0.05, 0.1) is 24.3 Å². The molecule has 170 valence electrons. The second kappa shape index (κ2) is 10.9. The Morgan fingerprint density at radius 3 is 2.38 bits per heavy atom. The molecule has 1 aromatic heterocycles. The van der Waals surface area contributed by atoms with Crippen LogP contribution in [0.25, 0.3) is 11.3 Å². The SMILES string of the molecule is CCN(CC)c1onc(-c2ccc(F)cc2)c1CN(CCOC)C(=O)c1ccccc1F. The molecule has 0 saturated heterocycles. The van der Waals surface area contributed by atoms with Gasteiger partial charge in [-0.1, -0.05) is 17.3 Å². The molecule has 0 aliphatic rings. The van der Waals surface area contributed by atoms with E-state index in [2.05, 4.69) is 5.16 Å². The number of ether oxygens (including phenoxy) is 1. The number of halogens is 2. The Balaban J connectivity index is 2.05. The molecule has 8 heteroatoms. The first-order valence-electron chi connectivity index (χ1n) is 10.5. The van der Waals surface area contributed by atoms with Gasteiger partial charge < -0.3 is 19.1 Å². The fraction of sp³-hybridized carbons (Fsp3) is 0.333. The molecule has 3 aromatic rings. The van der Waals surface area contributed by atoms with E-state index < -0.39 is 11.7 Å². The summed E-state index contributed by atoms with van der Waals surface area (Å²) in [6, 6.07) is 11.8. The lowest BCUT2D eigenvalue weighted by molar-refractivity contribution is 0.0676. The minimum Gasteiger partial charge on any atom is -0.383 e. The number of methoxy groups -OCH3 is 1. The molecule has 0 radical (unpaired) electrons. The highest BCUT2D eigenvalue weighted by Gasteiger charge is 2.27. The molecule has 0 atom stereocenters. The first-order valence-corrected chi connectivity index (χ1v) is 10.5. The molecule has 1 amide bonds. The first-order chi connectivity index (χ1) is 15.5. The van der Waals surface area contributed by atoms with Crippen LogP contribution in [0.15, 0.2) is 53.1 Å². The minimum absolute atomic E-state index is 0.0206. The number of carbonyl (C=O) groups is 1. The van der Waals surface area contributed by atoms with Gasteiger partial charge in [0.15, 0.2) is 0 Å². The third kappa shape index (κ3) is 5.13. The molecule has 32 heavy (non-hydrogen) atoms. The van der Waals surface area contributed by atoms with E-state index in [4.69, 9.17) is 9.26 Å². The average molecular weight is 443 g/mol. The number of hydrogen-bond donors (Lipinski definition) is 0. The van der Waals surface area contributed by atoms with Crippen LogP contribution in [0.2, 0.25) is 0 Å². The molecule has 3 rings (SSSR count). The summed E-state index contributed by atoms with van der Waals surface area (Å²) in [5.74, 6) is -0.887. The fourth-order valence-electron chi connectivity index (χ4n) is 3.49. The summed E-state index contributed by atoms with van der Waals surface area (Å²) in [4.78, 5) is 16.7. The number of amides is 1. The van der Waals surface area contributed by atoms with Crippen LogP contribution in [0.5, 0.6) is 0 Å². The standard InChI is InChI=1S/C24H27F2N3O3/c1-4-28(5-2)24-20(22(27-32-24)17-10-12-18(25)13-11-17)16-29(14-15-31-3)23(30)19-8-6-7-9-21(19)26/h6-13H,4-5,14-16H2,1-3H3. The Morgan fingerprint density at radius 2 is 1.75 bits per heavy atom. The highest BCUT2D eigenvalue weighted by molar-refractivity contribution is 5.94. The van der Waals surface area contributed by atoms with Crippen molar-refractivity contribution in [3.63, 3.8) is 0 Å². The van der Waals surface area contributed by atoms with Crippen molar-refractivity contribution >= 4 is 11.8 Å². The smallest absolute Gasteiger partial charge is 0.257 e. The van der Waals surface area contributed by atoms with E-state index in [1.54, 1.807) is 18.2 Å². The van der Waals surface area contributed by atoms with Gasteiger partial charge in [-0.25, -0.2) is 8.78 Å². The van der Waals surface area contributed by atoms with Gasteiger partial charge in [0.25, 0.3) is 5.91 Å². The van der Waals surface area contributed by atoms with Crippen molar-refractivity contribution in [2.45, 2.75) is 20.4 Å². The summed E-state index contributed by atoms with van der Waals surface area (Å²) in [5, 5.41) is 4.23. The number of hydrogen-bond acceptors (Lipinski definition) is 5. The Labute approximate surface area is 186 Å². The normalized spacial score (nSPS) is 10.9. The van der Waals surface area contributed by atoms with Gasteiger partial charge in [-0.2, -0.15) is 0 Å². The molecule has 1 heterocycles. The van der Waals surface area contributed by atoms with E-state index in [9.17, 15) is 13.6 Å². The van der Waals surface area contributed by atoms with Gasteiger partial charge >= 0.3 is 0 Å². The Bertz CT molecular complexity index is 1030. The van der Waals surface area contributed by atoms with Crippen molar-refractivity contribution < 1.29 is 22.8 Å². The zero-order valence-corrected chi connectivity index (χ0v) is 18.5. The van der Waals surface area contributed by atoms with Crippen molar-refractivity contribution in [3.8, 4) is 11.3 Å². The van der Waals surface area contributed by atoms with Gasteiger partial charge in [-0.05, 0) is 50.2 Å². The van der Waals surface area contributed by atoms with Crippen LogP contribution in [0.4, 0.5) is 14.7 Å². The topological polar surface area (TPSA) is 58.8 Å². The molecule has 0 bridgehead atoms. The molecule has 0 fully saturated rings. The van der Waals surface area contributed by atoms with E-state index in [1.807, 2.05) is 18.7 Å². The second-order valence-corrected chi connectivity index (χ2v) is 7.19. The van der Waals surface area contributed by atoms with Crippen LogP contribution in [0, 0.1) is 11.6 Å². The highest BCUT2D eigenvalue weighted by atomic mass is 19.1. The van der Waals surface area contributed by atoms with E-state index in [1.165, 1.54) is 42.3 Å². The van der Waals surface area contributed by atoms with E-state index in [0.29, 0.717) is 35.8 Å². The third-order valence-electron chi connectivity index (χ3n) is 5.24. The zero-order chi connectivity index (χ0) is 23.1. The van der Waals surface area contributed by atoms with Gasteiger partial charge in [-0.15, -0.1) is 0 Å². The lowest BCUT2D eigenvalue weighted by atomic mass is 10.1. The van der Waals surface area contributed by atoms with Crippen LogP contribution in [0.3, 0.4) is 0 Å². The molecule has 0 aliphatic heterocycles. The van der Waals surface area contributed by atoms with Crippen molar-refractivity contribution in [3.05, 3.63) is 71.3 Å². The molecule has 6 nitrogen and oxygen atoms in total. The summed E-state index contributed by atoms with van der Waals surface area (Å²) >= 11 is 0. The van der Waals surface area contributed by atoms with Gasteiger partial charge in [0.1, 0.15) is 17.3 Å². The van der Waals surface area contributed by atoms with E-state index in [0.717, 1.165) is 0 Å².